The Morgan fingerprint density at radius 1 is 0.902 bits per heavy atom. The maximum Gasteiger partial charge on any atom is 0.336 e. The lowest BCUT2D eigenvalue weighted by molar-refractivity contribution is 0.0697. The predicted molar refractivity (Wildman–Crippen MR) is 159 cm³/mol. The molecule has 3 heterocycles. The van der Waals surface area contributed by atoms with Crippen LogP contribution in [0.25, 0.3) is 11.3 Å². The Morgan fingerprint density at radius 2 is 1.59 bits per heavy atom. The van der Waals surface area contributed by atoms with Crippen LogP contribution in [-0.2, 0) is 0 Å². The molecule has 5 aromatic rings. The number of hydrogen-bond acceptors (Lipinski definition) is 6. The van der Waals surface area contributed by atoms with Crippen molar-refractivity contribution in [2.24, 2.45) is 0 Å². The van der Waals surface area contributed by atoms with Gasteiger partial charge in [0.1, 0.15) is 34.8 Å². The molecule has 0 aliphatic carbocycles. The number of anilines is 1. The zero-order valence-corrected chi connectivity index (χ0v) is 22.7. The summed E-state index contributed by atoms with van der Waals surface area (Å²) in [5, 5.41) is 13.6. The van der Waals surface area contributed by atoms with Gasteiger partial charge in [-0.25, -0.2) is 4.79 Å². The number of carboxylic acid groups (broad SMARTS) is 1. The normalized spacial score (nSPS) is 16.3. The Labute approximate surface area is 241 Å². The summed E-state index contributed by atoms with van der Waals surface area (Å²) < 4.78 is 17.6. The highest BCUT2D eigenvalue weighted by molar-refractivity contribution is 7.80. The van der Waals surface area contributed by atoms with Crippen molar-refractivity contribution in [1.82, 2.24) is 10.3 Å². The first-order valence-corrected chi connectivity index (χ1v) is 13.3. The Bertz CT molecular complexity index is 1690. The summed E-state index contributed by atoms with van der Waals surface area (Å²) in [6.45, 7) is 0. The molecule has 1 aliphatic rings. The van der Waals surface area contributed by atoms with E-state index in [4.69, 9.17) is 26.1 Å². The first kappa shape index (κ1) is 26.1. The van der Waals surface area contributed by atoms with Crippen LogP contribution < -0.4 is 19.7 Å². The number of ether oxygens (including phenoxy) is 2. The second-order valence-corrected chi connectivity index (χ2v) is 9.71. The van der Waals surface area contributed by atoms with Crippen molar-refractivity contribution in [3.05, 3.63) is 126 Å². The fourth-order valence-electron chi connectivity index (χ4n) is 4.92. The van der Waals surface area contributed by atoms with Crippen LogP contribution in [-0.4, -0.2) is 28.3 Å². The smallest absolute Gasteiger partial charge is 0.336 e. The van der Waals surface area contributed by atoms with Gasteiger partial charge in [0.05, 0.1) is 24.4 Å². The summed E-state index contributed by atoms with van der Waals surface area (Å²) in [6.07, 6.45) is 1.74. The van der Waals surface area contributed by atoms with Crippen LogP contribution in [0.3, 0.4) is 0 Å². The number of pyridine rings is 1. The molecule has 1 saturated heterocycles. The van der Waals surface area contributed by atoms with E-state index in [2.05, 4.69) is 10.3 Å². The molecule has 1 fully saturated rings. The summed E-state index contributed by atoms with van der Waals surface area (Å²) >= 11 is 5.82. The van der Waals surface area contributed by atoms with E-state index in [-0.39, 0.29) is 11.6 Å². The summed E-state index contributed by atoms with van der Waals surface area (Å²) in [5.74, 6) is 2.16. The standard InChI is InChI=1S/C32H25N3O5S/c1-38-21-13-15-23(16-14-21)39-22-11-9-20(10-12-22)35-30(29(34-32(35)41)26-8-4-5-19-33-26)28-18-17-27(40-28)24-6-2-3-7-25(24)31(36)37/h2-19,29-30H,1H3,(H,34,41)(H,36,37)/t29-,30-/m1/s1. The van der Waals surface area contributed by atoms with Crippen LogP contribution >= 0.6 is 12.2 Å². The molecule has 0 bridgehead atoms. The lowest BCUT2D eigenvalue weighted by Gasteiger charge is -2.26. The van der Waals surface area contributed by atoms with E-state index in [0.717, 1.165) is 17.1 Å². The predicted octanol–water partition coefficient (Wildman–Crippen LogP) is 7.02. The van der Waals surface area contributed by atoms with Crippen molar-refractivity contribution in [2.75, 3.05) is 12.0 Å². The minimum absolute atomic E-state index is 0.166. The minimum Gasteiger partial charge on any atom is -0.497 e. The van der Waals surface area contributed by atoms with Gasteiger partial charge in [-0.1, -0.05) is 24.3 Å². The third-order valence-electron chi connectivity index (χ3n) is 6.85. The average molecular weight is 564 g/mol. The first-order valence-electron chi connectivity index (χ1n) is 12.9. The highest BCUT2D eigenvalue weighted by Crippen LogP contribution is 2.43. The van der Waals surface area contributed by atoms with Gasteiger partial charge < -0.3 is 29.2 Å². The molecule has 0 saturated carbocycles. The summed E-state index contributed by atoms with van der Waals surface area (Å²) in [4.78, 5) is 18.4. The number of aromatic carboxylic acids is 1. The molecule has 204 valence electrons. The fourth-order valence-corrected chi connectivity index (χ4v) is 5.26. The van der Waals surface area contributed by atoms with Gasteiger partial charge in [-0.2, -0.15) is 0 Å². The molecule has 0 spiro atoms. The van der Waals surface area contributed by atoms with Gasteiger partial charge in [-0.3, -0.25) is 4.98 Å². The number of furan rings is 1. The monoisotopic (exact) mass is 563 g/mol. The lowest BCUT2D eigenvalue weighted by atomic mass is 10.0. The molecule has 41 heavy (non-hydrogen) atoms. The maximum absolute atomic E-state index is 11.8. The summed E-state index contributed by atoms with van der Waals surface area (Å²) in [5.41, 5.74) is 2.29. The van der Waals surface area contributed by atoms with E-state index < -0.39 is 12.0 Å². The zero-order valence-electron chi connectivity index (χ0n) is 21.9. The molecule has 6 rings (SSSR count). The van der Waals surface area contributed by atoms with Gasteiger partial charge in [-0.05, 0) is 91.1 Å². The van der Waals surface area contributed by atoms with Crippen molar-refractivity contribution < 1.29 is 23.8 Å². The molecule has 1 aliphatic heterocycles. The van der Waals surface area contributed by atoms with E-state index >= 15 is 0 Å². The Balaban J connectivity index is 1.35. The third kappa shape index (κ3) is 5.22. The molecule has 3 aromatic carbocycles. The van der Waals surface area contributed by atoms with Crippen LogP contribution in [0.1, 0.15) is 33.9 Å². The maximum atomic E-state index is 11.8. The van der Waals surface area contributed by atoms with Crippen LogP contribution in [0.2, 0.25) is 0 Å². The van der Waals surface area contributed by atoms with E-state index in [9.17, 15) is 9.90 Å². The molecular weight excluding hydrogens is 538 g/mol. The number of nitrogens with one attached hydrogen (secondary N) is 1. The van der Waals surface area contributed by atoms with Crippen molar-refractivity contribution >= 4 is 29.0 Å². The largest absolute Gasteiger partial charge is 0.497 e. The molecule has 0 amide bonds. The van der Waals surface area contributed by atoms with Crippen molar-refractivity contribution in [1.29, 1.82) is 0 Å². The topological polar surface area (TPSA) is 97.1 Å². The van der Waals surface area contributed by atoms with E-state index in [1.54, 1.807) is 43.6 Å². The quantitative estimate of drug-likeness (QED) is 0.193. The van der Waals surface area contributed by atoms with Crippen LogP contribution in [0, 0.1) is 0 Å². The molecule has 0 unspecified atom stereocenters. The van der Waals surface area contributed by atoms with Gasteiger partial charge in [0.15, 0.2) is 5.11 Å². The molecular formula is C32H25N3O5S. The highest BCUT2D eigenvalue weighted by atomic mass is 32.1. The number of benzene rings is 3. The number of carboxylic acids is 1. The van der Waals surface area contributed by atoms with Gasteiger partial charge in [0.25, 0.3) is 0 Å². The molecule has 2 N–H and O–H groups in total. The SMILES string of the molecule is COc1ccc(Oc2ccc(N3C(=S)N[C@H](c4ccccn4)[C@H]3c3ccc(-c4ccccc4C(=O)O)o3)cc2)cc1. The van der Waals surface area contributed by atoms with Gasteiger partial charge in [0.2, 0.25) is 0 Å². The lowest BCUT2D eigenvalue weighted by Crippen LogP contribution is -2.29. The zero-order chi connectivity index (χ0) is 28.3. The first-order chi connectivity index (χ1) is 20.0. The Kier molecular flexibility index (Phi) is 7.09. The number of rotatable bonds is 8. The van der Waals surface area contributed by atoms with Crippen LogP contribution in [0.15, 0.2) is 114 Å². The van der Waals surface area contributed by atoms with Crippen LogP contribution in [0.4, 0.5) is 5.69 Å². The highest BCUT2D eigenvalue weighted by Gasteiger charge is 2.42. The van der Waals surface area contributed by atoms with E-state index in [1.165, 1.54) is 0 Å². The van der Waals surface area contributed by atoms with Gasteiger partial charge in [0, 0.05) is 17.4 Å². The van der Waals surface area contributed by atoms with Gasteiger partial charge in [-0.15, -0.1) is 0 Å². The number of aromatic nitrogens is 1. The van der Waals surface area contributed by atoms with Crippen molar-refractivity contribution in [3.63, 3.8) is 0 Å². The van der Waals surface area contributed by atoms with Crippen molar-refractivity contribution in [2.45, 2.75) is 12.1 Å². The number of thiocarbonyl (C=S) groups is 1. The molecule has 0 radical (unpaired) electrons. The number of methoxy groups -OCH3 is 1. The molecule has 8 nitrogen and oxygen atoms in total. The van der Waals surface area contributed by atoms with E-state index in [1.807, 2.05) is 77.7 Å². The Morgan fingerprint density at radius 3 is 2.27 bits per heavy atom. The second-order valence-electron chi connectivity index (χ2n) is 9.32. The number of hydrogen-bond donors (Lipinski definition) is 2. The Hall–Kier alpha value is -5.15. The third-order valence-corrected chi connectivity index (χ3v) is 7.16. The number of carbonyl (C=O) groups is 1. The van der Waals surface area contributed by atoms with Crippen molar-refractivity contribution in [3.8, 4) is 28.6 Å². The minimum atomic E-state index is -1.02. The molecule has 2 aromatic heterocycles. The second kappa shape index (κ2) is 11.1. The van der Waals surface area contributed by atoms with Crippen LogP contribution in [0.5, 0.6) is 17.2 Å². The molecule has 9 heteroatoms. The van der Waals surface area contributed by atoms with Gasteiger partial charge >= 0.3 is 5.97 Å². The average Bonchev–Trinajstić information content (AvgIpc) is 3.63. The van der Waals surface area contributed by atoms with E-state index in [0.29, 0.717) is 33.7 Å². The number of nitrogens with zero attached hydrogens (tertiary/aromatic N) is 2. The summed E-state index contributed by atoms with van der Waals surface area (Å²) in [7, 11) is 1.62. The molecule has 2 atom stereocenters. The fraction of sp³-hybridized carbons (Fsp3) is 0.0938. The summed E-state index contributed by atoms with van der Waals surface area (Å²) in [6, 6.07) is 30.4.